The minimum absolute atomic E-state index is 0.0816. The number of aromatic nitrogens is 3. The number of nitrogens with zero attached hydrogens (tertiary/aromatic N) is 3. The summed E-state index contributed by atoms with van der Waals surface area (Å²) in [5, 5.41) is 10.6. The van der Waals surface area contributed by atoms with Gasteiger partial charge in [0.05, 0.1) is 17.9 Å². The van der Waals surface area contributed by atoms with E-state index in [1.165, 1.54) is 12.4 Å². The molecule has 0 radical (unpaired) electrons. The van der Waals surface area contributed by atoms with Crippen molar-refractivity contribution in [2.45, 2.75) is 24.8 Å². The largest absolute Gasteiger partial charge is 0.384 e. The lowest BCUT2D eigenvalue weighted by atomic mass is 10.4. The summed E-state index contributed by atoms with van der Waals surface area (Å²) in [5.74, 6) is 0. The first-order valence-corrected chi connectivity index (χ1v) is 8.06. The van der Waals surface area contributed by atoms with Gasteiger partial charge >= 0.3 is 0 Å². The zero-order valence-electron chi connectivity index (χ0n) is 11.7. The maximum absolute atomic E-state index is 12.4. The average molecular weight is 307 g/mol. The fourth-order valence-electron chi connectivity index (χ4n) is 1.67. The number of rotatable bonds is 7. The Kier molecular flexibility index (Phi) is 5.18. The molecule has 0 fully saturated rings. The quantitative estimate of drug-likeness (QED) is 0.797. The van der Waals surface area contributed by atoms with Crippen LogP contribution in [0.5, 0.6) is 0 Å². The van der Waals surface area contributed by atoms with Crippen LogP contribution in [0.2, 0.25) is 0 Å². The SMILES string of the molecule is CCCNc1ccncc1S(=O)(=O)NCc1cccnn1. The van der Waals surface area contributed by atoms with E-state index in [1.807, 2.05) is 6.92 Å². The molecule has 0 saturated carbocycles. The molecule has 0 aliphatic heterocycles. The second-order valence-corrected chi connectivity index (χ2v) is 6.07. The molecule has 0 aliphatic rings. The second kappa shape index (κ2) is 7.09. The third kappa shape index (κ3) is 4.20. The zero-order chi connectivity index (χ0) is 15.1. The van der Waals surface area contributed by atoms with Gasteiger partial charge in [0, 0.05) is 25.1 Å². The molecule has 0 saturated heterocycles. The van der Waals surface area contributed by atoms with Crippen LogP contribution in [0.4, 0.5) is 5.69 Å². The van der Waals surface area contributed by atoms with E-state index in [-0.39, 0.29) is 11.4 Å². The smallest absolute Gasteiger partial charge is 0.244 e. The Labute approximate surface area is 123 Å². The van der Waals surface area contributed by atoms with Crippen molar-refractivity contribution >= 4 is 15.7 Å². The third-order valence-corrected chi connectivity index (χ3v) is 4.14. The van der Waals surface area contributed by atoms with Crippen molar-refractivity contribution < 1.29 is 8.42 Å². The van der Waals surface area contributed by atoms with Crippen molar-refractivity contribution in [2.75, 3.05) is 11.9 Å². The fraction of sp³-hybridized carbons (Fsp3) is 0.308. The maximum atomic E-state index is 12.4. The minimum Gasteiger partial charge on any atom is -0.384 e. The summed E-state index contributed by atoms with van der Waals surface area (Å²) in [6, 6.07) is 5.05. The molecular formula is C13H17N5O2S. The Hall–Kier alpha value is -2.06. The Morgan fingerprint density at radius 1 is 1.24 bits per heavy atom. The minimum atomic E-state index is -3.66. The van der Waals surface area contributed by atoms with Crippen LogP contribution in [0, 0.1) is 0 Å². The molecule has 2 N–H and O–H groups in total. The number of nitrogens with one attached hydrogen (secondary N) is 2. The number of hydrogen-bond donors (Lipinski definition) is 2. The van der Waals surface area contributed by atoms with Crippen LogP contribution in [-0.4, -0.2) is 30.1 Å². The van der Waals surface area contributed by atoms with Gasteiger partial charge in [-0.15, -0.1) is 0 Å². The van der Waals surface area contributed by atoms with Crippen LogP contribution in [-0.2, 0) is 16.6 Å². The first-order chi connectivity index (χ1) is 10.1. The van der Waals surface area contributed by atoms with Crippen molar-refractivity contribution in [3.05, 3.63) is 42.5 Å². The van der Waals surface area contributed by atoms with Crippen LogP contribution in [0.15, 0.2) is 41.7 Å². The predicted molar refractivity (Wildman–Crippen MR) is 79.1 cm³/mol. The summed E-state index contributed by atoms with van der Waals surface area (Å²) in [6.45, 7) is 2.78. The molecule has 8 heteroatoms. The van der Waals surface area contributed by atoms with Crippen molar-refractivity contribution in [3.63, 3.8) is 0 Å². The van der Waals surface area contributed by atoms with Gasteiger partial charge in [0.15, 0.2) is 0 Å². The first kappa shape index (κ1) is 15.3. The number of pyridine rings is 1. The molecule has 0 aliphatic carbocycles. The van der Waals surface area contributed by atoms with Crippen LogP contribution < -0.4 is 10.0 Å². The van der Waals surface area contributed by atoms with Gasteiger partial charge in [-0.25, -0.2) is 13.1 Å². The van der Waals surface area contributed by atoms with Crippen molar-refractivity contribution in [3.8, 4) is 0 Å². The summed E-state index contributed by atoms with van der Waals surface area (Å²) < 4.78 is 27.2. The van der Waals surface area contributed by atoms with Gasteiger partial charge < -0.3 is 5.32 Å². The summed E-state index contributed by atoms with van der Waals surface area (Å²) in [4.78, 5) is 4.01. The lowest BCUT2D eigenvalue weighted by Crippen LogP contribution is -2.25. The molecule has 2 aromatic heterocycles. The summed E-state index contributed by atoms with van der Waals surface area (Å²) in [7, 11) is -3.66. The Balaban J connectivity index is 2.15. The van der Waals surface area contributed by atoms with Gasteiger partial charge in [-0.3, -0.25) is 4.98 Å². The van der Waals surface area contributed by atoms with Crippen molar-refractivity contribution in [1.29, 1.82) is 0 Å². The molecule has 112 valence electrons. The van der Waals surface area contributed by atoms with Gasteiger partial charge in [0.2, 0.25) is 10.0 Å². The molecular weight excluding hydrogens is 290 g/mol. The van der Waals surface area contributed by atoms with E-state index in [0.29, 0.717) is 17.9 Å². The molecule has 21 heavy (non-hydrogen) atoms. The predicted octanol–water partition coefficient (Wildman–Crippen LogP) is 1.17. The van der Waals surface area contributed by atoms with Crippen molar-refractivity contribution in [1.82, 2.24) is 19.9 Å². The summed E-state index contributed by atoms with van der Waals surface area (Å²) >= 11 is 0. The van der Waals surface area contributed by atoms with Crippen molar-refractivity contribution in [2.24, 2.45) is 0 Å². The fourth-order valence-corrected chi connectivity index (χ4v) is 2.80. The van der Waals surface area contributed by atoms with Gasteiger partial charge in [-0.1, -0.05) is 6.92 Å². The van der Waals surface area contributed by atoms with Gasteiger partial charge in [-0.2, -0.15) is 10.2 Å². The standard InChI is InChI=1S/C13H17N5O2S/c1-2-6-15-12-5-8-14-10-13(12)21(19,20)17-9-11-4-3-7-16-18-11/h3-5,7-8,10,17H,2,6,9H2,1H3,(H,14,15). The molecule has 7 nitrogen and oxygen atoms in total. The molecule has 0 aromatic carbocycles. The summed E-state index contributed by atoms with van der Waals surface area (Å²) in [5.41, 5.74) is 1.09. The third-order valence-electron chi connectivity index (χ3n) is 2.71. The summed E-state index contributed by atoms with van der Waals surface area (Å²) in [6.07, 6.45) is 5.32. The van der Waals surface area contributed by atoms with E-state index in [4.69, 9.17) is 0 Å². The highest BCUT2D eigenvalue weighted by molar-refractivity contribution is 7.89. The van der Waals surface area contributed by atoms with Gasteiger partial charge in [0.1, 0.15) is 4.90 Å². The molecule has 0 atom stereocenters. The normalized spacial score (nSPS) is 11.3. The highest BCUT2D eigenvalue weighted by Crippen LogP contribution is 2.19. The van der Waals surface area contributed by atoms with Gasteiger partial charge in [0.25, 0.3) is 0 Å². The van der Waals surface area contributed by atoms with E-state index in [1.54, 1.807) is 24.4 Å². The molecule has 0 unspecified atom stereocenters. The average Bonchev–Trinajstić information content (AvgIpc) is 2.52. The van der Waals surface area contributed by atoms with Crippen LogP contribution in [0.25, 0.3) is 0 Å². The van der Waals surface area contributed by atoms with E-state index in [2.05, 4.69) is 25.2 Å². The van der Waals surface area contributed by atoms with E-state index < -0.39 is 10.0 Å². The number of sulfonamides is 1. The zero-order valence-corrected chi connectivity index (χ0v) is 12.5. The number of anilines is 1. The van der Waals surface area contributed by atoms with E-state index >= 15 is 0 Å². The van der Waals surface area contributed by atoms with Gasteiger partial charge in [-0.05, 0) is 24.6 Å². The van der Waals surface area contributed by atoms with Crippen LogP contribution in [0.1, 0.15) is 19.0 Å². The monoisotopic (exact) mass is 307 g/mol. The van der Waals surface area contributed by atoms with E-state index in [0.717, 1.165) is 6.42 Å². The lowest BCUT2D eigenvalue weighted by Gasteiger charge is -2.12. The first-order valence-electron chi connectivity index (χ1n) is 6.57. The Morgan fingerprint density at radius 2 is 2.10 bits per heavy atom. The van der Waals surface area contributed by atoms with Crippen LogP contribution >= 0.6 is 0 Å². The molecule has 2 rings (SSSR count). The molecule has 0 amide bonds. The van der Waals surface area contributed by atoms with E-state index in [9.17, 15) is 8.42 Å². The highest BCUT2D eigenvalue weighted by Gasteiger charge is 2.18. The Bertz CT molecular complexity index is 676. The molecule has 2 heterocycles. The lowest BCUT2D eigenvalue weighted by molar-refractivity contribution is 0.580. The maximum Gasteiger partial charge on any atom is 0.244 e. The molecule has 2 aromatic rings. The Morgan fingerprint density at radius 3 is 2.81 bits per heavy atom. The second-order valence-electron chi connectivity index (χ2n) is 4.34. The topological polar surface area (TPSA) is 96.9 Å². The van der Waals surface area contributed by atoms with Crippen LogP contribution in [0.3, 0.4) is 0 Å². The number of hydrogen-bond acceptors (Lipinski definition) is 6. The molecule has 0 spiro atoms. The molecule has 0 bridgehead atoms. The highest BCUT2D eigenvalue weighted by atomic mass is 32.2.